The molecule has 1 aliphatic heterocycles. The summed E-state index contributed by atoms with van der Waals surface area (Å²) < 4.78 is 43.2. The zero-order chi connectivity index (χ0) is 25.2. The molecule has 1 N–H and O–H groups in total. The third-order valence-electron chi connectivity index (χ3n) is 6.20. The Kier molecular flexibility index (Phi) is 7.50. The van der Waals surface area contributed by atoms with Gasteiger partial charge in [-0.15, -0.1) is 0 Å². The highest BCUT2D eigenvalue weighted by Gasteiger charge is 2.37. The van der Waals surface area contributed by atoms with Gasteiger partial charge in [0.25, 0.3) is 5.91 Å². The minimum Gasteiger partial charge on any atom is -0.456 e. The van der Waals surface area contributed by atoms with Crippen LogP contribution in [-0.2, 0) is 29.0 Å². The first kappa shape index (κ1) is 25.2. The number of esters is 1. The Morgan fingerprint density at radius 2 is 1.94 bits per heavy atom. The molecule has 2 amide bonds. The van der Waals surface area contributed by atoms with Gasteiger partial charge >= 0.3 is 5.97 Å². The van der Waals surface area contributed by atoms with Gasteiger partial charge in [0.1, 0.15) is 0 Å². The Balaban J connectivity index is 1.49. The maximum Gasteiger partial charge on any atom is 0.303 e. The van der Waals surface area contributed by atoms with Crippen molar-refractivity contribution < 1.29 is 31.9 Å². The summed E-state index contributed by atoms with van der Waals surface area (Å²) >= 11 is 0.716. The van der Waals surface area contributed by atoms with Crippen LogP contribution in [0.3, 0.4) is 0 Å². The summed E-state index contributed by atoms with van der Waals surface area (Å²) in [4.78, 5) is 42.1. The lowest BCUT2D eigenvalue weighted by atomic mass is 9.87. The first-order valence-corrected chi connectivity index (χ1v) is 13.7. The largest absolute Gasteiger partial charge is 0.456 e. The van der Waals surface area contributed by atoms with E-state index in [1.807, 2.05) is 0 Å². The van der Waals surface area contributed by atoms with Gasteiger partial charge in [0.15, 0.2) is 26.7 Å². The molecule has 2 heterocycles. The van der Waals surface area contributed by atoms with E-state index in [4.69, 9.17) is 4.74 Å². The second-order valence-corrected chi connectivity index (χ2v) is 12.0. The Morgan fingerprint density at radius 1 is 1.23 bits per heavy atom. The van der Waals surface area contributed by atoms with Gasteiger partial charge in [-0.2, -0.15) is 4.39 Å². The maximum absolute atomic E-state index is 13.4. The molecule has 1 aromatic carbocycles. The minimum absolute atomic E-state index is 0.00469. The Hall–Kier alpha value is -2.86. The van der Waals surface area contributed by atoms with Crippen LogP contribution in [0.5, 0.6) is 0 Å². The zero-order valence-corrected chi connectivity index (χ0v) is 20.7. The molecule has 0 bridgehead atoms. The zero-order valence-electron chi connectivity index (χ0n) is 19.1. The molecule has 0 spiro atoms. The van der Waals surface area contributed by atoms with E-state index >= 15 is 0 Å². The predicted octanol–water partition coefficient (Wildman–Crippen LogP) is 2.74. The van der Waals surface area contributed by atoms with E-state index < -0.39 is 26.9 Å². The molecule has 1 saturated heterocycles. The number of hydrogen-bond donors (Lipinski definition) is 1. The van der Waals surface area contributed by atoms with E-state index in [1.165, 1.54) is 19.1 Å². The molecule has 0 radical (unpaired) electrons. The maximum atomic E-state index is 13.4. The summed E-state index contributed by atoms with van der Waals surface area (Å²) in [6.07, 6.45) is 3.40. The van der Waals surface area contributed by atoms with Gasteiger partial charge < -0.3 is 15.0 Å². The standard InChI is InChI=1S/C23H26FN3O6S2/c1-14(28)33-13-21(29)27-9-8-15(12-27)10-19(22(30)26-23-25-11-20(24)34-23)16-2-4-17(5-3-16)35(31,32)18-6-7-18/h2-5,11,15,18-19H,6-10,12-13H2,1H3,(H,25,26,30)/t15-,19-/m1/s1. The van der Waals surface area contributed by atoms with E-state index in [0.717, 1.165) is 6.20 Å². The van der Waals surface area contributed by atoms with E-state index in [0.29, 0.717) is 55.7 Å². The van der Waals surface area contributed by atoms with Gasteiger partial charge in [-0.1, -0.05) is 23.5 Å². The highest BCUT2D eigenvalue weighted by atomic mass is 32.2. The van der Waals surface area contributed by atoms with Crippen molar-refractivity contribution in [3.05, 3.63) is 41.2 Å². The Bertz CT molecular complexity index is 1210. The van der Waals surface area contributed by atoms with E-state index in [9.17, 15) is 27.2 Å². The van der Waals surface area contributed by atoms with E-state index in [1.54, 1.807) is 17.0 Å². The van der Waals surface area contributed by atoms with Crippen LogP contribution in [0.25, 0.3) is 0 Å². The monoisotopic (exact) mass is 523 g/mol. The van der Waals surface area contributed by atoms with Crippen LogP contribution in [0.15, 0.2) is 35.4 Å². The fourth-order valence-corrected chi connectivity index (χ4v) is 6.40. The molecule has 1 aromatic heterocycles. The number of sulfone groups is 1. The Labute approximate surface area is 206 Å². The molecule has 12 heteroatoms. The summed E-state index contributed by atoms with van der Waals surface area (Å²) in [5, 5.41) is 1.93. The van der Waals surface area contributed by atoms with Crippen LogP contribution >= 0.6 is 11.3 Å². The van der Waals surface area contributed by atoms with Crippen molar-refractivity contribution in [2.45, 2.75) is 48.7 Å². The third-order valence-corrected chi connectivity index (χ3v) is 9.18. The first-order chi connectivity index (χ1) is 16.6. The molecular formula is C23H26FN3O6S2. The van der Waals surface area contributed by atoms with Gasteiger partial charge in [0.2, 0.25) is 5.91 Å². The van der Waals surface area contributed by atoms with Crippen LogP contribution < -0.4 is 5.32 Å². The lowest BCUT2D eigenvalue weighted by Gasteiger charge is -2.21. The van der Waals surface area contributed by atoms with Gasteiger partial charge in [-0.3, -0.25) is 14.4 Å². The topological polar surface area (TPSA) is 123 Å². The molecular weight excluding hydrogens is 497 g/mol. The number of carbonyl (C=O) groups is 3. The van der Waals surface area contributed by atoms with Crippen LogP contribution in [0.1, 0.15) is 44.1 Å². The van der Waals surface area contributed by atoms with Crippen LogP contribution in [0.2, 0.25) is 0 Å². The Morgan fingerprint density at radius 3 is 2.54 bits per heavy atom. The summed E-state index contributed by atoms with van der Waals surface area (Å²) in [7, 11) is -3.36. The SMILES string of the molecule is CC(=O)OCC(=O)N1CC[C@H](C[C@@H](C(=O)Nc2ncc(F)s2)c2ccc(S(=O)(=O)C3CC3)cc2)C1. The highest BCUT2D eigenvalue weighted by molar-refractivity contribution is 7.92. The number of benzene rings is 1. The summed E-state index contributed by atoms with van der Waals surface area (Å²) in [6.45, 7) is 1.80. The van der Waals surface area contributed by atoms with Crippen LogP contribution in [0.4, 0.5) is 9.52 Å². The number of nitrogens with one attached hydrogen (secondary N) is 1. The summed E-state index contributed by atoms with van der Waals surface area (Å²) in [5.41, 5.74) is 0.624. The van der Waals surface area contributed by atoms with Crippen molar-refractivity contribution >= 4 is 44.1 Å². The van der Waals surface area contributed by atoms with E-state index in [2.05, 4.69) is 10.3 Å². The molecule has 4 rings (SSSR count). The summed E-state index contributed by atoms with van der Waals surface area (Å²) in [6, 6.07) is 6.33. The van der Waals surface area contributed by atoms with Crippen molar-refractivity contribution in [3.8, 4) is 0 Å². The number of likely N-dealkylation sites (tertiary alicyclic amines) is 1. The number of ether oxygens (including phenoxy) is 1. The van der Waals surface area contributed by atoms with Crippen LogP contribution in [0, 0.1) is 11.0 Å². The lowest BCUT2D eigenvalue weighted by molar-refractivity contribution is -0.149. The molecule has 0 unspecified atom stereocenters. The van der Waals surface area contributed by atoms with E-state index in [-0.39, 0.29) is 39.6 Å². The minimum atomic E-state index is -3.36. The fraction of sp³-hybridized carbons (Fsp3) is 0.478. The normalized spacial score (nSPS) is 18.8. The predicted molar refractivity (Wildman–Crippen MR) is 126 cm³/mol. The molecule has 1 aliphatic carbocycles. The number of anilines is 1. The molecule has 1 saturated carbocycles. The quantitative estimate of drug-likeness (QED) is 0.502. The first-order valence-electron chi connectivity index (χ1n) is 11.3. The number of hydrogen-bond acceptors (Lipinski definition) is 8. The van der Waals surface area contributed by atoms with Crippen molar-refractivity contribution in [1.82, 2.24) is 9.88 Å². The number of aromatic nitrogens is 1. The van der Waals surface area contributed by atoms with Gasteiger partial charge in [0, 0.05) is 20.0 Å². The van der Waals surface area contributed by atoms with Crippen molar-refractivity contribution in [3.63, 3.8) is 0 Å². The molecule has 188 valence electrons. The van der Waals surface area contributed by atoms with Crippen molar-refractivity contribution in [2.75, 3.05) is 25.0 Å². The third kappa shape index (κ3) is 6.23. The highest BCUT2D eigenvalue weighted by Crippen LogP contribution is 2.35. The summed E-state index contributed by atoms with van der Waals surface area (Å²) in [5.74, 6) is -1.88. The lowest BCUT2D eigenvalue weighted by Crippen LogP contribution is -2.33. The number of halogens is 1. The van der Waals surface area contributed by atoms with Gasteiger partial charge in [-0.05, 0) is 49.3 Å². The van der Waals surface area contributed by atoms with Crippen molar-refractivity contribution in [2.24, 2.45) is 5.92 Å². The molecule has 9 nitrogen and oxygen atoms in total. The van der Waals surface area contributed by atoms with Gasteiger partial charge in [-0.25, -0.2) is 13.4 Å². The molecule has 2 atom stereocenters. The number of carbonyl (C=O) groups excluding carboxylic acids is 3. The van der Waals surface area contributed by atoms with Crippen LogP contribution in [-0.4, -0.2) is 61.0 Å². The van der Waals surface area contributed by atoms with Crippen molar-refractivity contribution in [1.29, 1.82) is 0 Å². The molecule has 2 fully saturated rings. The average molecular weight is 524 g/mol. The number of rotatable bonds is 9. The second-order valence-electron chi connectivity index (χ2n) is 8.84. The number of thiazole rings is 1. The average Bonchev–Trinajstić information content (AvgIpc) is 3.46. The number of nitrogens with zero attached hydrogens (tertiary/aromatic N) is 2. The second kappa shape index (κ2) is 10.4. The molecule has 2 aromatic rings. The molecule has 35 heavy (non-hydrogen) atoms. The van der Waals surface area contributed by atoms with Gasteiger partial charge in [0.05, 0.1) is 22.3 Å². The number of amides is 2. The fourth-order valence-electron chi connectivity index (χ4n) is 4.20. The smallest absolute Gasteiger partial charge is 0.303 e. The molecule has 2 aliphatic rings.